The molecule has 1 N–H and O–H groups in total. The van der Waals surface area contributed by atoms with Gasteiger partial charge in [0.2, 0.25) is 11.8 Å². The minimum Gasteiger partial charge on any atom is -0.497 e. The van der Waals surface area contributed by atoms with E-state index in [9.17, 15) is 9.59 Å². The van der Waals surface area contributed by atoms with E-state index in [0.717, 1.165) is 55.6 Å². The second-order valence-electron chi connectivity index (χ2n) is 7.74. The third-order valence-corrected chi connectivity index (χ3v) is 5.97. The van der Waals surface area contributed by atoms with Gasteiger partial charge in [-0.25, -0.2) is 0 Å². The van der Waals surface area contributed by atoms with Gasteiger partial charge in [-0.15, -0.1) is 0 Å². The molecule has 1 aromatic carbocycles. The number of rotatable bonds is 7. The van der Waals surface area contributed by atoms with Crippen LogP contribution in [0.2, 0.25) is 0 Å². The van der Waals surface area contributed by atoms with Crippen molar-refractivity contribution in [1.29, 1.82) is 0 Å². The lowest BCUT2D eigenvalue weighted by Crippen LogP contribution is -2.48. The SMILES string of the molecule is COc1ccc(OC)c(CCNC(=O)C2CCCN2C(=O)C2CCCCC2)c1. The molecular formula is C22H32N2O4. The number of methoxy groups -OCH3 is 2. The van der Waals surface area contributed by atoms with Gasteiger partial charge in [-0.1, -0.05) is 19.3 Å². The molecule has 2 fully saturated rings. The molecular weight excluding hydrogens is 356 g/mol. The largest absolute Gasteiger partial charge is 0.497 e. The molecule has 0 radical (unpaired) electrons. The Hall–Kier alpha value is -2.24. The van der Waals surface area contributed by atoms with Crippen LogP contribution in [-0.4, -0.2) is 50.1 Å². The number of nitrogens with zero attached hydrogens (tertiary/aromatic N) is 1. The topological polar surface area (TPSA) is 67.9 Å². The van der Waals surface area contributed by atoms with Gasteiger partial charge in [-0.2, -0.15) is 0 Å². The first-order valence-corrected chi connectivity index (χ1v) is 10.4. The molecule has 1 saturated carbocycles. The lowest BCUT2D eigenvalue weighted by molar-refractivity contribution is -0.142. The first kappa shape index (κ1) is 20.5. The quantitative estimate of drug-likeness (QED) is 0.780. The first-order chi connectivity index (χ1) is 13.6. The van der Waals surface area contributed by atoms with Crippen LogP contribution in [0.15, 0.2) is 18.2 Å². The molecule has 6 heteroatoms. The summed E-state index contributed by atoms with van der Waals surface area (Å²) in [6.07, 6.45) is 7.73. The molecule has 1 heterocycles. The van der Waals surface area contributed by atoms with Crippen molar-refractivity contribution < 1.29 is 19.1 Å². The Morgan fingerprint density at radius 3 is 2.57 bits per heavy atom. The van der Waals surface area contributed by atoms with E-state index in [0.29, 0.717) is 19.5 Å². The van der Waals surface area contributed by atoms with Gasteiger partial charge in [0.05, 0.1) is 14.2 Å². The Balaban J connectivity index is 1.55. The Bertz CT molecular complexity index is 685. The summed E-state index contributed by atoms with van der Waals surface area (Å²) in [6, 6.07) is 5.34. The van der Waals surface area contributed by atoms with Crippen molar-refractivity contribution in [3.63, 3.8) is 0 Å². The fraction of sp³-hybridized carbons (Fsp3) is 0.636. The molecule has 1 aliphatic carbocycles. The van der Waals surface area contributed by atoms with E-state index in [1.54, 1.807) is 14.2 Å². The summed E-state index contributed by atoms with van der Waals surface area (Å²) >= 11 is 0. The maximum absolute atomic E-state index is 12.9. The highest BCUT2D eigenvalue weighted by molar-refractivity contribution is 5.89. The summed E-state index contributed by atoms with van der Waals surface area (Å²) < 4.78 is 10.7. The van der Waals surface area contributed by atoms with Gasteiger partial charge in [0, 0.05) is 19.0 Å². The molecule has 1 aromatic rings. The second-order valence-corrected chi connectivity index (χ2v) is 7.74. The van der Waals surface area contributed by atoms with Crippen molar-refractivity contribution in [2.24, 2.45) is 5.92 Å². The predicted molar refractivity (Wildman–Crippen MR) is 108 cm³/mol. The molecule has 1 atom stereocenters. The van der Waals surface area contributed by atoms with Crippen LogP contribution in [0.3, 0.4) is 0 Å². The Kier molecular flexibility index (Phi) is 7.18. The van der Waals surface area contributed by atoms with Crippen LogP contribution in [0.25, 0.3) is 0 Å². The molecule has 2 aliphatic rings. The van der Waals surface area contributed by atoms with Crippen molar-refractivity contribution in [3.8, 4) is 11.5 Å². The number of hydrogen-bond acceptors (Lipinski definition) is 4. The number of ether oxygens (including phenoxy) is 2. The van der Waals surface area contributed by atoms with Crippen molar-refractivity contribution >= 4 is 11.8 Å². The highest BCUT2D eigenvalue weighted by atomic mass is 16.5. The molecule has 28 heavy (non-hydrogen) atoms. The molecule has 0 bridgehead atoms. The van der Waals surface area contributed by atoms with Crippen molar-refractivity contribution in [2.75, 3.05) is 27.3 Å². The molecule has 3 rings (SSSR count). The van der Waals surface area contributed by atoms with Crippen LogP contribution in [0.4, 0.5) is 0 Å². The zero-order chi connectivity index (χ0) is 19.9. The van der Waals surface area contributed by atoms with E-state index < -0.39 is 0 Å². The molecule has 154 valence electrons. The number of hydrogen-bond donors (Lipinski definition) is 1. The van der Waals surface area contributed by atoms with Crippen molar-refractivity contribution in [1.82, 2.24) is 10.2 Å². The Labute approximate surface area is 167 Å². The maximum Gasteiger partial charge on any atom is 0.242 e. The summed E-state index contributed by atoms with van der Waals surface area (Å²) in [6.45, 7) is 1.21. The fourth-order valence-corrected chi connectivity index (χ4v) is 4.40. The average Bonchev–Trinajstić information content (AvgIpc) is 3.23. The number of likely N-dealkylation sites (tertiary alicyclic amines) is 1. The number of amides is 2. The number of carbonyl (C=O) groups is 2. The van der Waals surface area contributed by atoms with E-state index >= 15 is 0 Å². The lowest BCUT2D eigenvalue weighted by atomic mass is 9.88. The Morgan fingerprint density at radius 2 is 1.86 bits per heavy atom. The van der Waals surface area contributed by atoms with Crippen LogP contribution >= 0.6 is 0 Å². The third kappa shape index (κ3) is 4.78. The molecule has 2 amide bonds. The minimum absolute atomic E-state index is 0.0384. The summed E-state index contributed by atoms with van der Waals surface area (Å²) in [5.41, 5.74) is 0.990. The van der Waals surface area contributed by atoms with E-state index in [1.807, 2.05) is 23.1 Å². The van der Waals surface area contributed by atoms with Crippen LogP contribution < -0.4 is 14.8 Å². The van der Waals surface area contributed by atoms with Crippen molar-refractivity contribution in [3.05, 3.63) is 23.8 Å². The van der Waals surface area contributed by atoms with Crippen LogP contribution in [0.1, 0.15) is 50.5 Å². The van der Waals surface area contributed by atoms with E-state index in [2.05, 4.69) is 5.32 Å². The van der Waals surface area contributed by atoms with Gasteiger partial charge < -0.3 is 19.7 Å². The molecule has 6 nitrogen and oxygen atoms in total. The van der Waals surface area contributed by atoms with Gasteiger partial charge >= 0.3 is 0 Å². The van der Waals surface area contributed by atoms with Gasteiger partial charge in [0.15, 0.2) is 0 Å². The van der Waals surface area contributed by atoms with Gasteiger partial charge in [0.25, 0.3) is 0 Å². The Morgan fingerprint density at radius 1 is 1.07 bits per heavy atom. The summed E-state index contributed by atoms with van der Waals surface area (Å²) in [5.74, 6) is 1.81. The van der Waals surface area contributed by atoms with E-state index in [1.165, 1.54) is 6.42 Å². The number of nitrogens with one attached hydrogen (secondary N) is 1. The molecule has 0 aromatic heterocycles. The predicted octanol–water partition coefficient (Wildman–Crippen LogP) is 2.93. The summed E-state index contributed by atoms with van der Waals surface area (Å²) in [5, 5.41) is 3.02. The van der Waals surface area contributed by atoms with Crippen LogP contribution in [-0.2, 0) is 16.0 Å². The zero-order valence-corrected chi connectivity index (χ0v) is 17.0. The smallest absolute Gasteiger partial charge is 0.242 e. The maximum atomic E-state index is 12.9. The molecule has 1 unspecified atom stereocenters. The standard InChI is InChI=1S/C22H32N2O4/c1-27-18-10-11-20(28-2)17(15-18)12-13-23-21(25)19-9-6-14-24(19)22(26)16-7-4-3-5-8-16/h10-11,15-16,19H,3-9,12-14H2,1-2H3,(H,23,25). The van der Waals surface area contributed by atoms with Crippen LogP contribution in [0.5, 0.6) is 11.5 Å². The van der Waals surface area contributed by atoms with E-state index in [4.69, 9.17) is 9.47 Å². The number of benzene rings is 1. The molecule has 1 saturated heterocycles. The highest BCUT2D eigenvalue weighted by Gasteiger charge is 2.37. The molecule has 0 spiro atoms. The third-order valence-electron chi connectivity index (χ3n) is 5.97. The van der Waals surface area contributed by atoms with Crippen molar-refractivity contribution in [2.45, 2.75) is 57.4 Å². The lowest BCUT2D eigenvalue weighted by Gasteiger charge is -2.30. The summed E-state index contributed by atoms with van der Waals surface area (Å²) in [7, 11) is 3.27. The average molecular weight is 389 g/mol. The fourth-order valence-electron chi connectivity index (χ4n) is 4.40. The second kappa shape index (κ2) is 9.80. The first-order valence-electron chi connectivity index (χ1n) is 10.4. The number of carbonyl (C=O) groups excluding carboxylic acids is 2. The normalized spacial score (nSPS) is 20.1. The summed E-state index contributed by atoms with van der Waals surface area (Å²) in [4.78, 5) is 27.5. The van der Waals surface area contributed by atoms with E-state index in [-0.39, 0.29) is 23.8 Å². The minimum atomic E-state index is -0.318. The van der Waals surface area contributed by atoms with Gasteiger partial charge in [-0.05, 0) is 55.9 Å². The molecule has 1 aliphatic heterocycles. The zero-order valence-electron chi connectivity index (χ0n) is 17.0. The highest BCUT2D eigenvalue weighted by Crippen LogP contribution is 2.29. The monoisotopic (exact) mass is 388 g/mol. The van der Waals surface area contributed by atoms with Gasteiger partial charge in [-0.3, -0.25) is 9.59 Å². The van der Waals surface area contributed by atoms with Gasteiger partial charge in [0.1, 0.15) is 17.5 Å². The van der Waals surface area contributed by atoms with Crippen LogP contribution in [0, 0.1) is 5.92 Å².